The van der Waals surface area contributed by atoms with Crippen LogP contribution in [0.5, 0.6) is 0 Å². The Hall–Kier alpha value is -1.84. The summed E-state index contributed by atoms with van der Waals surface area (Å²) in [7, 11) is -0.382. The van der Waals surface area contributed by atoms with E-state index in [0.29, 0.717) is 0 Å². The fraction of sp³-hybridized carbons (Fsp3) is 0.500. The standard InChI is InChI=1S/C28H37BO2/c1-9-10-11-19-12-13-20-17-21-14-15-22(26(2,3)4)18-24(21)25(23(20)16-19)29-30-27(5,6)28(7,8)31-29/h12-18H,9-11H2,1-8H3. The molecule has 0 spiro atoms. The lowest BCUT2D eigenvalue weighted by Gasteiger charge is -2.32. The van der Waals surface area contributed by atoms with Crippen LogP contribution in [0.25, 0.3) is 21.5 Å². The molecule has 0 saturated carbocycles. The molecule has 1 aliphatic heterocycles. The van der Waals surface area contributed by atoms with E-state index in [4.69, 9.17) is 9.31 Å². The first-order valence-corrected chi connectivity index (χ1v) is 11.8. The van der Waals surface area contributed by atoms with Crippen molar-refractivity contribution < 1.29 is 9.31 Å². The Balaban J connectivity index is 2.00. The monoisotopic (exact) mass is 416 g/mol. The third-order valence-electron chi connectivity index (χ3n) is 7.24. The highest BCUT2D eigenvalue weighted by molar-refractivity contribution is 6.68. The van der Waals surface area contributed by atoms with Crippen LogP contribution >= 0.6 is 0 Å². The topological polar surface area (TPSA) is 18.5 Å². The molecule has 0 N–H and O–H groups in total. The second-order valence-corrected chi connectivity index (χ2v) is 11.2. The number of benzene rings is 3. The minimum absolute atomic E-state index is 0.0827. The molecule has 0 radical (unpaired) electrons. The van der Waals surface area contributed by atoms with Gasteiger partial charge in [-0.25, -0.2) is 0 Å². The highest BCUT2D eigenvalue weighted by Crippen LogP contribution is 2.38. The maximum absolute atomic E-state index is 6.59. The summed E-state index contributed by atoms with van der Waals surface area (Å²) in [6.07, 6.45) is 3.52. The number of rotatable bonds is 4. The maximum atomic E-state index is 6.59. The number of fused-ring (bicyclic) bond motifs is 2. The summed E-state index contributed by atoms with van der Waals surface area (Å²) in [5.74, 6) is 0. The smallest absolute Gasteiger partial charge is 0.399 e. The molecule has 3 aromatic rings. The number of aryl methyl sites for hydroxylation is 1. The van der Waals surface area contributed by atoms with Crippen molar-refractivity contribution in [3.63, 3.8) is 0 Å². The summed E-state index contributed by atoms with van der Waals surface area (Å²) in [4.78, 5) is 0. The molecule has 1 saturated heterocycles. The molecule has 1 fully saturated rings. The van der Waals surface area contributed by atoms with Gasteiger partial charge in [0.1, 0.15) is 0 Å². The van der Waals surface area contributed by atoms with Crippen molar-refractivity contribution >= 4 is 34.1 Å². The van der Waals surface area contributed by atoms with Crippen molar-refractivity contribution in [2.75, 3.05) is 0 Å². The zero-order chi connectivity index (χ0) is 22.6. The minimum Gasteiger partial charge on any atom is -0.399 e. The lowest BCUT2D eigenvalue weighted by Crippen LogP contribution is -2.41. The fourth-order valence-corrected chi connectivity index (χ4v) is 4.41. The zero-order valence-corrected chi connectivity index (χ0v) is 20.6. The van der Waals surface area contributed by atoms with Gasteiger partial charge in [-0.3, -0.25) is 0 Å². The van der Waals surface area contributed by atoms with Crippen molar-refractivity contribution in [1.29, 1.82) is 0 Å². The summed E-state index contributed by atoms with van der Waals surface area (Å²) in [6.45, 7) is 17.6. The van der Waals surface area contributed by atoms with Crippen LogP contribution in [0.3, 0.4) is 0 Å². The number of hydrogen-bond donors (Lipinski definition) is 0. The quantitative estimate of drug-likeness (QED) is 0.339. The van der Waals surface area contributed by atoms with Crippen molar-refractivity contribution in [3.8, 4) is 0 Å². The number of unbranched alkanes of at least 4 members (excludes halogenated alkanes) is 1. The van der Waals surface area contributed by atoms with Crippen LogP contribution in [-0.2, 0) is 21.1 Å². The average molecular weight is 416 g/mol. The van der Waals surface area contributed by atoms with E-state index in [1.54, 1.807) is 0 Å². The van der Waals surface area contributed by atoms with Gasteiger partial charge in [-0.15, -0.1) is 0 Å². The molecule has 0 atom stereocenters. The Morgan fingerprint density at radius 1 is 0.806 bits per heavy atom. The Morgan fingerprint density at radius 3 is 1.97 bits per heavy atom. The molecule has 4 rings (SSSR count). The van der Waals surface area contributed by atoms with E-state index in [1.807, 2.05) is 0 Å². The van der Waals surface area contributed by atoms with Crippen LogP contribution in [-0.4, -0.2) is 18.3 Å². The first-order chi connectivity index (χ1) is 14.4. The molecule has 1 aliphatic rings. The molecular weight excluding hydrogens is 379 g/mol. The van der Waals surface area contributed by atoms with Gasteiger partial charge in [-0.05, 0) is 90.2 Å². The van der Waals surface area contributed by atoms with E-state index in [1.165, 1.54) is 51.0 Å². The zero-order valence-electron chi connectivity index (χ0n) is 20.6. The first kappa shape index (κ1) is 22.4. The van der Waals surface area contributed by atoms with Crippen molar-refractivity contribution in [3.05, 3.63) is 53.6 Å². The molecule has 3 heteroatoms. The van der Waals surface area contributed by atoms with Crippen LogP contribution < -0.4 is 5.46 Å². The van der Waals surface area contributed by atoms with E-state index in [-0.39, 0.29) is 23.7 Å². The second-order valence-electron chi connectivity index (χ2n) is 11.2. The molecule has 1 heterocycles. The number of hydrogen-bond acceptors (Lipinski definition) is 2. The maximum Gasteiger partial charge on any atom is 0.496 e. The predicted octanol–water partition coefficient (Wildman–Crippen LogP) is 6.93. The molecule has 0 unspecified atom stereocenters. The van der Waals surface area contributed by atoms with E-state index >= 15 is 0 Å². The molecule has 31 heavy (non-hydrogen) atoms. The van der Waals surface area contributed by atoms with Crippen LogP contribution in [0.4, 0.5) is 0 Å². The van der Waals surface area contributed by atoms with Gasteiger partial charge >= 0.3 is 7.12 Å². The lowest BCUT2D eigenvalue weighted by atomic mass is 9.72. The Kier molecular flexibility index (Phi) is 5.51. The van der Waals surface area contributed by atoms with Gasteiger partial charge in [0.2, 0.25) is 0 Å². The molecule has 3 aromatic carbocycles. The van der Waals surface area contributed by atoms with Gasteiger partial charge in [0, 0.05) is 0 Å². The molecule has 0 amide bonds. The van der Waals surface area contributed by atoms with Crippen molar-refractivity contribution in [1.82, 2.24) is 0 Å². The molecule has 0 aliphatic carbocycles. The summed E-state index contributed by atoms with van der Waals surface area (Å²) in [6, 6.07) is 16.1. The van der Waals surface area contributed by atoms with Gasteiger partial charge in [0.25, 0.3) is 0 Å². The van der Waals surface area contributed by atoms with Crippen molar-refractivity contribution in [2.24, 2.45) is 0 Å². The Morgan fingerprint density at radius 2 is 1.39 bits per heavy atom. The highest BCUT2D eigenvalue weighted by Gasteiger charge is 2.52. The predicted molar refractivity (Wildman–Crippen MR) is 134 cm³/mol. The normalized spacial score (nSPS) is 18.3. The highest BCUT2D eigenvalue weighted by atomic mass is 16.7. The fourth-order valence-electron chi connectivity index (χ4n) is 4.41. The third-order valence-corrected chi connectivity index (χ3v) is 7.24. The summed E-state index contributed by atoms with van der Waals surface area (Å²) < 4.78 is 13.2. The van der Waals surface area contributed by atoms with Crippen LogP contribution in [0.15, 0.2) is 42.5 Å². The molecule has 164 valence electrons. The van der Waals surface area contributed by atoms with Gasteiger partial charge in [-0.1, -0.05) is 70.5 Å². The van der Waals surface area contributed by atoms with E-state index in [2.05, 4.69) is 97.9 Å². The third kappa shape index (κ3) is 4.03. The first-order valence-electron chi connectivity index (χ1n) is 11.8. The van der Waals surface area contributed by atoms with Gasteiger partial charge < -0.3 is 9.31 Å². The Labute approximate surface area is 188 Å². The van der Waals surface area contributed by atoms with Crippen LogP contribution in [0.2, 0.25) is 0 Å². The molecule has 0 bridgehead atoms. The minimum atomic E-state index is -0.382. The summed E-state index contributed by atoms with van der Waals surface area (Å²) >= 11 is 0. The largest absolute Gasteiger partial charge is 0.496 e. The van der Waals surface area contributed by atoms with E-state index in [0.717, 1.165) is 6.42 Å². The van der Waals surface area contributed by atoms with Gasteiger partial charge in [0.15, 0.2) is 0 Å². The average Bonchev–Trinajstić information content (AvgIpc) is 2.90. The van der Waals surface area contributed by atoms with Gasteiger partial charge in [0.05, 0.1) is 11.2 Å². The Bertz CT molecular complexity index is 1110. The second kappa shape index (κ2) is 7.64. The SMILES string of the molecule is CCCCc1ccc2cc3ccc(C(C)(C)C)cc3c(B3OC(C)(C)C(C)(C)O3)c2c1. The molecule has 2 nitrogen and oxygen atoms in total. The van der Waals surface area contributed by atoms with Gasteiger partial charge in [-0.2, -0.15) is 0 Å². The molecule has 0 aromatic heterocycles. The molecular formula is C28H37BO2. The van der Waals surface area contributed by atoms with E-state index in [9.17, 15) is 0 Å². The van der Waals surface area contributed by atoms with Crippen LogP contribution in [0.1, 0.15) is 79.4 Å². The summed E-state index contributed by atoms with van der Waals surface area (Å²) in [5, 5.41) is 4.99. The lowest BCUT2D eigenvalue weighted by molar-refractivity contribution is 0.00578. The van der Waals surface area contributed by atoms with E-state index < -0.39 is 0 Å². The van der Waals surface area contributed by atoms with Crippen LogP contribution in [0, 0.1) is 0 Å². The van der Waals surface area contributed by atoms with Crippen molar-refractivity contribution in [2.45, 2.75) is 91.3 Å². The summed E-state index contributed by atoms with van der Waals surface area (Å²) in [5.41, 5.74) is 3.24.